The third kappa shape index (κ3) is 6.17. The van der Waals surface area contributed by atoms with Crippen LogP contribution >= 0.6 is 11.6 Å². The maximum absolute atomic E-state index is 12.8. The molecule has 0 saturated carbocycles. The van der Waals surface area contributed by atoms with Crippen molar-refractivity contribution in [2.75, 3.05) is 13.2 Å². The van der Waals surface area contributed by atoms with Crippen LogP contribution in [0.15, 0.2) is 47.4 Å². The molecule has 8 nitrogen and oxygen atoms in total. The number of carbonyl (C=O) groups excluding carboxylic acids is 1. The second kappa shape index (κ2) is 9.47. The molecule has 0 heterocycles. The second-order valence-electron chi connectivity index (χ2n) is 5.65. The summed E-state index contributed by atoms with van der Waals surface area (Å²) in [4.78, 5) is 21.5. The number of carbonyl (C=O) groups is 1. The number of halogens is 2. The highest BCUT2D eigenvalue weighted by Crippen LogP contribution is 2.28. The van der Waals surface area contributed by atoms with Crippen molar-refractivity contribution in [3.8, 4) is 5.75 Å². The Labute approximate surface area is 165 Å². The Kier molecular flexibility index (Phi) is 7.30. The Morgan fingerprint density at radius 3 is 2.43 bits per heavy atom. The molecule has 0 saturated heterocycles. The molecule has 0 aliphatic carbocycles. The van der Waals surface area contributed by atoms with Crippen LogP contribution in [0.5, 0.6) is 5.75 Å². The van der Waals surface area contributed by atoms with Gasteiger partial charge in [-0.3, -0.25) is 14.9 Å². The molecule has 0 aliphatic heterocycles. The minimum Gasteiger partial charge on any atom is -0.492 e. The maximum Gasteiger partial charge on any atom is 0.332 e. The predicted octanol–water partition coefficient (Wildman–Crippen LogP) is 3.50. The van der Waals surface area contributed by atoms with E-state index >= 15 is 0 Å². The summed E-state index contributed by atoms with van der Waals surface area (Å²) in [6, 6.07) is 8.40. The number of hydrogen-bond acceptors (Lipinski definition) is 6. The molecule has 11 heteroatoms. The Balaban J connectivity index is 1.71. The fourth-order valence-electron chi connectivity index (χ4n) is 2.20. The fourth-order valence-corrected chi connectivity index (χ4v) is 2.89. The van der Waals surface area contributed by atoms with Gasteiger partial charge < -0.3 is 10.1 Å². The van der Waals surface area contributed by atoms with E-state index in [1.165, 1.54) is 30.3 Å². The number of amides is 1. The first-order valence-electron chi connectivity index (χ1n) is 8.08. The average molecular weight is 431 g/mol. The number of hydrogen-bond donors (Lipinski definition) is 1. The number of benzene rings is 2. The van der Waals surface area contributed by atoms with E-state index in [1.54, 1.807) is 0 Å². The number of nitrogens with zero attached hydrogens (tertiary/aromatic N) is 1. The van der Waals surface area contributed by atoms with E-state index in [9.17, 15) is 27.2 Å². The zero-order chi connectivity index (χ0) is 20.7. The number of rotatable bonds is 9. The SMILES string of the molecule is O=C(NCCCCOc1ccc([N+](=O)[O-])cc1Cl)c1ccc(S(=O)(=O)F)cc1. The molecule has 2 rings (SSSR count). The molecule has 0 unspecified atom stereocenters. The van der Waals surface area contributed by atoms with Gasteiger partial charge in [0.15, 0.2) is 0 Å². The lowest BCUT2D eigenvalue weighted by Gasteiger charge is -2.08. The first-order valence-corrected chi connectivity index (χ1v) is 9.84. The lowest BCUT2D eigenvalue weighted by molar-refractivity contribution is -0.384. The zero-order valence-electron chi connectivity index (χ0n) is 14.4. The normalized spacial score (nSPS) is 11.1. The second-order valence-corrected chi connectivity index (χ2v) is 7.40. The highest BCUT2D eigenvalue weighted by Gasteiger charge is 2.13. The van der Waals surface area contributed by atoms with Gasteiger partial charge in [0.1, 0.15) is 5.75 Å². The molecular formula is C17H16ClFN2O6S. The van der Waals surface area contributed by atoms with E-state index in [4.69, 9.17) is 16.3 Å². The van der Waals surface area contributed by atoms with Gasteiger partial charge in [-0.05, 0) is 43.2 Å². The molecule has 0 fully saturated rings. The summed E-state index contributed by atoms with van der Waals surface area (Å²) in [5.41, 5.74) is 0.0820. The van der Waals surface area contributed by atoms with Crippen molar-refractivity contribution < 1.29 is 26.8 Å². The van der Waals surface area contributed by atoms with Gasteiger partial charge in [0.25, 0.3) is 11.6 Å². The molecule has 0 aromatic heterocycles. The highest BCUT2D eigenvalue weighted by molar-refractivity contribution is 7.86. The molecule has 0 bridgehead atoms. The number of nitro groups is 1. The van der Waals surface area contributed by atoms with Crippen molar-refractivity contribution in [2.24, 2.45) is 0 Å². The molecule has 0 atom stereocenters. The molecule has 0 radical (unpaired) electrons. The quantitative estimate of drug-likeness (QED) is 0.282. The van der Waals surface area contributed by atoms with Crippen LogP contribution in [-0.4, -0.2) is 32.4 Å². The topological polar surface area (TPSA) is 116 Å². The summed E-state index contributed by atoms with van der Waals surface area (Å²) in [5, 5.41) is 13.4. The van der Waals surface area contributed by atoms with Crippen molar-refractivity contribution >= 4 is 33.4 Å². The molecule has 150 valence electrons. The standard InChI is InChI=1S/C17H16ClFN2O6S/c18-15-11-13(21(23)24)5-8-16(15)27-10-2-1-9-20-17(22)12-3-6-14(7-4-12)28(19,25)26/h3-8,11H,1-2,9-10H2,(H,20,22). The van der Waals surface area contributed by atoms with Crippen LogP contribution in [0, 0.1) is 10.1 Å². The third-order valence-corrected chi connectivity index (χ3v) is 4.77. The molecule has 2 aromatic carbocycles. The lowest BCUT2D eigenvalue weighted by atomic mass is 10.2. The Morgan fingerprint density at radius 1 is 1.18 bits per heavy atom. The van der Waals surface area contributed by atoms with E-state index in [0.29, 0.717) is 31.7 Å². The van der Waals surface area contributed by atoms with Crippen LogP contribution in [0.2, 0.25) is 5.02 Å². The van der Waals surface area contributed by atoms with Crippen LogP contribution in [0.25, 0.3) is 0 Å². The molecular weight excluding hydrogens is 415 g/mol. The number of non-ortho nitro benzene ring substituents is 1. The van der Waals surface area contributed by atoms with Crippen LogP contribution in [-0.2, 0) is 10.2 Å². The molecule has 0 aliphatic rings. The monoisotopic (exact) mass is 430 g/mol. The van der Waals surface area contributed by atoms with Crippen molar-refractivity contribution in [1.82, 2.24) is 5.32 Å². The van der Waals surface area contributed by atoms with Gasteiger partial charge >= 0.3 is 10.2 Å². The molecule has 28 heavy (non-hydrogen) atoms. The van der Waals surface area contributed by atoms with E-state index in [0.717, 1.165) is 12.1 Å². The summed E-state index contributed by atoms with van der Waals surface area (Å²) >= 11 is 5.91. The van der Waals surface area contributed by atoms with Crippen LogP contribution < -0.4 is 10.1 Å². The van der Waals surface area contributed by atoms with Crippen LogP contribution in [0.1, 0.15) is 23.2 Å². The van der Waals surface area contributed by atoms with E-state index in [1.807, 2.05) is 0 Å². The fraction of sp³-hybridized carbons (Fsp3) is 0.235. The number of nitro benzene ring substituents is 1. The summed E-state index contributed by atoms with van der Waals surface area (Å²) in [6.07, 6.45) is 1.18. The zero-order valence-corrected chi connectivity index (χ0v) is 16.0. The summed E-state index contributed by atoms with van der Waals surface area (Å²) < 4.78 is 39.7. The summed E-state index contributed by atoms with van der Waals surface area (Å²) in [6.45, 7) is 0.649. The predicted molar refractivity (Wildman–Crippen MR) is 99.9 cm³/mol. The smallest absolute Gasteiger partial charge is 0.332 e. The lowest BCUT2D eigenvalue weighted by Crippen LogP contribution is -2.24. The van der Waals surface area contributed by atoms with Crippen molar-refractivity contribution in [3.05, 3.63) is 63.2 Å². The third-order valence-electron chi connectivity index (χ3n) is 3.64. The largest absolute Gasteiger partial charge is 0.492 e. The van der Waals surface area contributed by atoms with Gasteiger partial charge in [-0.15, -0.1) is 3.89 Å². The first-order chi connectivity index (χ1) is 13.2. The van der Waals surface area contributed by atoms with Gasteiger partial charge in [0.2, 0.25) is 0 Å². The summed E-state index contributed by atoms with van der Waals surface area (Å²) in [7, 11) is -4.79. The number of unbranched alkanes of at least 4 members (excludes halogenated alkanes) is 1. The van der Waals surface area contributed by atoms with E-state index in [2.05, 4.69) is 5.32 Å². The number of ether oxygens (including phenoxy) is 1. The van der Waals surface area contributed by atoms with Gasteiger partial charge in [-0.2, -0.15) is 8.42 Å². The van der Waals surface area contributed by atoms with Crippen LogP contribution in [0.3, 0.4) is 0 Å². The maximum atomic E-state index is 12.8. The average Bonchev–Trinajstić information content (AvgIpc) is 2.64. The van der Waals surface area contributed by atoms with Gasteiger partial charge in [0, 0.05) is 24.2 Å². The van der Waals surface area contributed by atoms with Crippen molar-refractivity contribution in [2.45, 2.75) is 17.7 Å². The van der Waals surface area contributed by atoms with Crippen molar-refractivity contribution in [1.29, 1.82) is 0 Å². The van der Waals surface area contributed by atoms with Crippen LogP contribution in [0.4, 0.5) is 9.57 Å². The highest BCUT2D eigenvalue weighted by atomic mass is 35.5. The summed E-state index contributed by atoms with van der Waals surface area (Å²) in [5.74, 6) is -0.0821. The Bertz CT molecular complexity index is 966. The Hall–Kier alpha value is -2.72. The van der Waals surface area contributed by atoms with Crippen molar-refractivity contribution in [3.63, 3.8) is 0 Å². The molecule has 1 N–H and O–H groups in total. The van der Waals surface area contributed by atoms with E-state index < -0.39 is 25.9 Å². The van der Waals surface area contributed by atoms with Gasteiger partial charge in [0.05, 0.1) is 21.4 Å². The van der Waals surface area contributed by atoms with Gasteiger partial charge in [-0.1, -0.05) is 11.6 Å². The first kappa shape index (κ1) is 21.6. The molecule has 1 amide bonds. The minimum absolute atomic E-state index is 0.128. The molecule has 2 aromatic rings. The Morgan fingerprint density at radius 2 is 1.86 bits per heavy atom. The minimum atomic E-state index is -4.79. The molecule has 0 spiro atoms. The van der Waals surface area contributed by atoms with Gasteiger partial charge in [-0.25, -0.2) is 0 Å². The number of nitrogens with one attached hydrogen (secondary N) is 1. The van der Waals surface area contributed by atoms with E-state index in [-0.39, 0.29) is 16.3 Å².